The Bertz CT molecular complexity index is 188. The Morgan fingerprint density at radius 1 is 1.62 bits per heavy atom. The standard InChI is InChI=1S/C10H18N2O/c1-9(6-11)7-12-5-3-2-4-10(12)8-13/h9-10,13H,2-5,7-8H2,1H3. The van der Waals surface area contributed by atoms with Crippen LogP contribution in [0, 0.1) is 17.2 Å². The third-order valence-electron chi connectivity index (χ3n) is 2.69. The van der Waals surface area contributed by atoms with E-state index in [9.17, 15) is 0 Å². The summed E-state index contributed by atoms with van der Waals surface area (Å²) < 4.78 is 0. The molecule has 1 saturated heterocycles. The molecule has 1 fully saturated rings. The van der Waals surface area contributed by atoms with Crippen LogP contribution in [0.15, 0.2) is 0 Å². The van der Waals surface area contributed by atoms with Gasteiger partial charge >= 0.3 is 0 Å². The third kappa shape index (κ3) is 2.98. The summed E-state index contributed by atoms with van der Waals surface area (Å²) in [5, 5.41) is 17.8. The molecule has 0 aromatic rings. The van der Waals surface area contributed by atoms with Gasteiger partial charge < -0.3 is 5.11 Å². The summed E-state index contributed by atoms with van der Waals surface area (Å²) in [7, 11) is 0. The van der Waals surface area contributed by atoms with E-state index >= 15 is 0 Å². The van der Waals surface area contributed by atoms with Crippen LogP contribution < -0.4 is 0 Å². The van der Waals surface area contributed by atoms with Gasteiger partial charge in [0.05, 0.1) is 18.6 Å². The zero-order valence-electron chi connectivity index (χ0n) is 8.24. The van der Waals surface area contributed by atoms with Crippen molar-refractivity contribution in [1.82, 2.24) is 4.90 Å². The van der Waals surface area contributed by atoms with Crippen LogP contribution in [0.3, 0.4) is 0 Å². The van der Waals surface area contributed by atoms with Crippen molar-refractivity contribution in [2.75, 3.05) is 19.7 Å². The number of piperidine rings is 1. The Kier molecular flexibility index (Phi) is 4.20. The van der Waals surface area contributed by atoms with Gasteiger partial charge in [-0.3, -0.25) is 4.90 Å². The molecule has 0 spiro atoms. The molecule has 1 N–H and O–H groups in total. The van der Waals surface area contributed by atoms with Crippen molar-refractivity contribution in [3.8, 4) is 6.07 Å². The van der Waals surface area contributed by atoms with Crippen molar-refractivity contribution in [3.05, 3.63) is 0 Å². The number of aliphatic hydroxyl groups excluding tert-OH is 1. The molecule has 1 aliphatic rings. The first kappa shape index (κ1) is 10.5. The highest BCUT2D eigenvalue weighted by Gasteiger charge is 2.22. The molecule has 2 atom stereocenters. The molecule has 2 unspecified atom stereocenters. The fourth-order valence-corrected chi connectivity index (χ4v) is 1.90. The average molecular weight is 182 g/mol. The highest BCUT2D eigenvalue weighted by Crippen LogP contribution is 2.17. The maximum Gasteiger partial charge on any atom is 0.0666 e. The summed E-state index contributed by atoms with van der Waals surface area (Å²) in [4.78, 5) is 2.25. The molecule has 0 aromatic heterocycles. The second-order valence-electron chi connectivity index (χ2n) is 3.86. The van der Waals surface area contributed by atoms with Crippen molar-refractivity contribution >= 4 is 0 Å². The first-order valence-electron chi connectivity index (χ1n) is 5.02. The minimum atomic E-state index is 0.0761. The average Bonchev–Trinajstić information content (AvgIpc) is 2.18. The molecule has 1 rings (SSSR count). The van der Waals surface area contributed by atoms with Crippen molar-refractivity contribution in [3.63, 3.8) is 0 Å². The molecule has 0 saturated carbocycles. The number of hydrogen-bond acceptors (Lipinski definition) is 3. The molecule has 1 aliphatic heterocycles. The summed E-state index contributed by atoms with van der Waals surface area (Å²) in [6.45, 7) is 4.01. The van der Waals surface area contributed by atoms with Crippen LogP contribution >= 0.6 is 0 Å². The number of likely N-dealkylation sites (tertiary alicyclic amines) is 1. The zero-order valence-corrected chi connectivity index (χ0v) is 8.24. The molecule has 3 heteroatoms. The number of nitriles is 1. The number of rotatable bonds is 3. The lowest BCUT2D eigenvalue weighted by Gasteiger charge is -2.35. The summed E-state index contributed by atoms with van der Waals surface area (Å²) in [5.41, 5.74) is 0. The van der Waals surface area contributed by atoms with E-state index in [4.69, 9.17) is 10.4 Å². The van der Waals surface area contributed by atoms with Gasteiger partial charge in [0.25, 0.3) is 0 Å². The van der Waals surface area contributed by atoms with Crippen LogP contribution in [0.25, 0.3) is 0 Å². The van der Waals surface area contributed by atoms with Gasteiger partial charge in [-0.25, -0.2) is 0 Å². The summed E-state index contributed by atoms with van der Waals surface area (Å²) in [6, 6.07) is 2.53. The van der Waals surface area contributed by atoms with Gasteiger partial charge in [-0.1, -0.05) is 6.42 Å². The minimum Gasteiger partial charge on any atom is -0.395 e. The minimum absolute atomic E-state index is 0.0761. The van der Waals surface area contributed by atoms with E-state index in [1.54, 1.807) is 0 Å². The molecule has 0 bridgehead atoms. The lowest BCUT2D eigenvalue weighted by molar-refractivity contribution is 0.0839. The Balaban J connectivity index is 2.41. The molecule has 74 valence electrons. The van der Waals surface area contributed by atoms with Crippen molar-refractivity contribution in [1.29, 1.82) is 5.26 Å². The van der Waals surface area contributed by atoms with E-state index in [1.807, 2.05) is 6.92 Å². The smallest absolute Gasteiger partial charge is 0.0666 e. The lowest BCUT2D eigenvalue weighted by atomic mass is 10.0. The Morgan fingerprint density at radius 3 is 3.00 bits per heavy atom. The van der Waals surface area contributed by atoms with Gasteiger partial charge in [0.2, 0.25) is 0 Å². The molecule has 3 nitrogen and oxygen atoms in total. The Hall–Kier alpha value is -0.590. The molecule has 0 amide bonds. The van der Waals surface area contributed by atoms with Gasteiger partial charge in [0.15, 0.2) is 0 Å². The number of nitrogens with zero attached hydrogens (tertiary/aromatic N) is 2. The maximum absolute atomic E-state index is 9.12. The van der Waals surface area contributed by atoms with Crippen LogP contribution in [0.1, 0.15) is 26.2 Å². The van der Waals surface area contributed by atoms with Crippen molar-refractivity contribution in [2.24, 2.45) is 5.92 Å². The third-order valence-corrected chi connectivity index (χ3v) is 2.69. The Morgan fingerprint density at radius 2 is 2.38 bits per heavy atom. The summed E-state index contributed by atoms with van der Waals surface area (Å²) >= 11 is 0. The lowest BCUT2D eigenvalue weighted by Crippen LogP contribution is -2.43. The first-order valence-corrected chi connectivity index (χ1v) is 5.02. The fourth-order valence-electron chi connectivity index (χ4n) is 1.90. The van der Waals surface area contributed by atoms with E-state index < -0.39 is 0 Å². The molecule has 1 heterocycles. The SMILES string of the molecule is CC(C#N)CN1CCCCC1CO. The van der Waals surface area contributed by atoms with Gasteiger partial charge in [0, 0.05) is 12.6 Å². The topological polar surface area (TPSA) is 47.3 Å². The van der Waals surface area contributed by atoms with E-state index in [1.165, 1.54) is 12.8 Å². The quantitative estimate of drug-likeness (QED) is 0.708. The second kappa shape index (κ2) is 5.21. The van der Waals surface area contributed by atoms with Crippen molar-refractivity contribution < 1.29 is 5.11 Å². The van der Waals surface area contributed by atoms with E-state index in [2.05, 4.69) is 11.0 Å². The van der Waals surface area contributed by atoms with E-state index in [-0.39, 0.29) is 12.5 Å². The zero-order chi connectivity index (χ0) is 9.68. The Labute approximate surface area is 80.0 Å². The van der Waals surface area contributed by atoms with E-state index in [0.717, 1.165) is 19.5 Å². The van der Waals surface area contributed by atoms with Gasteiger partial charge in [0.1, 0.15) is 0 Å². The maximum atomic E-state index is 9.12. The van der Waals surface area contributed by atoms with Crippen LogP contribution in [-0.2, 0) is 0 Å². The predicted octanol–water partition coefficient (Wildman–Crippen LogP) is 0.993. The van der Waals surface area contributed by atoms with Gasteiger partial charge in [-0.05, 0) is 26.3 Å². The molecular weight excluding hydrogens is 164 g/mol. The normalized spacial score (nSPS) is 26.7. The highest BCUT2D eigenvalue weighted by atomic mass is 16.3. The highest BCUT2D eigenvalue weighted by molar-refractivity contribution is 4.85. The van der Waals surface area contributed by atoms with Crippen molar-refractivity contribution in [2.45, 2.75) is 32.2 Å². The summed E-state index contributed by atoms with van der Waals surface area (Å²) in [6.07, 6.45) is 3.49. The van der Waals surface area contributed by atoms with Crippen LogP contribution in [-0.4, -0.2) is 35.7 Å². The molecule has 0 aromatic carbocycles. The van der Waals surface area contributed by atoms with E-state index in [0.29, 0.717) is 6.04 Å². The van der Waals surface area contributed by atoms with Gasteiger partial charge in [-0.15, -0.1) is 0 Å². The van der Waals surface area contributed by atoms with Gasteiger partial charge in [-0.2, -0.15) is 5.26 Å². The first-order chi connectivity index (χ1) is 6.27. The number of aliphatic hydroxyl groups is 1. The number of hydrogen-bond donors (Lipinski definition) is 1. The molecule has 0 radical (unpaired) electrons. The largest absolute Gasteiger partial charge is 0.395 e. The monoisotopic (exact) mass is 182 g/mol. The fraction of sp³-hybridized carbons (Fsp3) is 0.900. The summed E-state index contributed by atoms with van der Waals surface area (Å²) in [5.74, 6) is 0.0761. The van der Waals surface area contributed by atoms with Crippen LogP contribution in [0.4, 0.5) is 0 Å². The molecule has 0 aliphatic carbocycles. The van der Waals surface area contributed by atoms with Crippen LogP contribution in [0.5, 0.6) is 0 Å². The molecular formula is C10H18N2O. The second-order valence-corrected chi connectivity index (χ2v) is 3.86. The molecule has 13 heavy (non-hydrogen) atoms. The van der Waals surface area contributed by atoms with Crippen LogP contribution in [0.2, 0.25) is 0 Å². The predicted molar refractivity (Wildman–Crippen MR) is 51.1 cm³/mol.